The highest BCUT2D eigenvalue weighted by Crippen LogP contribution is 2.45. The van der Waals surface area contributed by atoms with Crippen molar-refractivity contribution in [1.82, 2.24) is 0 Å². The molecule has 0 atom stereocenters. The first-order chi connectivity index (χ1) is 13.1. The molecule has 0 bridgehead atoms. The van der Waals surface area contributed by atoms with E-state index in [9.17, 15) is 4.79 Å². The summed E-state index contributed by atoms with van der Waals surface area (Å²) in [6.45, 7) is 0.287. The van der Waals surface area contributed by atoms with Crippen LogP contribution >= 0.6 is 0 Å². The first-order valence-corrected chi connectivity index (χ1v) is 8.22. The molecule has 1 aromatic heterocycles. The van der Waals surface area contributed by atoms with Gasteiger partial charge in [-0.3, -0.25) is 0 Å². The molecule has 0 unspecified atom stereocenters. The highest BCUT2D eigenvalue weighted by Gasteiger charge is 2.27. The second kappa shape index (κ2) is 6.42. The summed E-state index contributed by atoms with van der Waals surface area (Å²) in [7, 11) is 6.17. The summed E-state index contributed by atoms with van der Waals surface area (Å²) >= 11 is 0. The van der Waals surface area contributed by atoms with Gasteiger partial charge in [-0.15, -0.1) is 0 Å². The Morgan fingerprint density at radius 3 is 2.07 bits per heavy atom. The molecule has 3 aromatic rings. The quantitative estimate of drug-likeness (QED) is 0.652. The van der Waals surface area contributed by atoms with Crippen molar-refractivity contribution >= 4 is 11.0 Å². The average Bonchev–Trinajstić information content (AvgIpc) is 2.71. The molecule has 0 amide bonds. The van der Waals surface area contributed by atoms with E-state index >= 15 is 0 Å². The van der Waals surface area contributed by atoms with Crippen LogP contribution in [0.2, 0.25) is 0 Å². The van der Waals surface area contributed by atoms with Crippen molar-refractivity contribution in [3.8, 4) is 39.9 Å². The predicted molar refractivity (Wildman–Crippen MR) is 98.5 cm³/mol. The van der Waals surface area contributed by atoms with Gasteiger partial charge in [-0.25, -0.2) is 4.79 Å². The van der Waals surface area contributed by atoms with Crippen molar-refractivity contribution in [2.45, 2.75) is 6.61 Å². The monoisotopic (exact) mass is 370 g/mol. The van der Waals surface area contributed by atoms with Crippen molar-refractivity contribution in [3.05, 3.63) is 40.2 Å². The summed E-state index contributed by atoms with van der Waals surface area (Å²) in [5, 5.41) is 0.627. The fourth-order valence-electron chi connectivity index (χ4n) is 3.31. The van der Waals surface area contributed by atoms with E-state index in [1.54, 1.807) is 45.6 Å². The highest BCUT2D eigenvalue weighted by atomic mass is 16.5. The number of methoxy groups -OCH3 is 4. The van der Waals surface area contributed by atoms with Gasteiger partial charge in [0.15, 0.2) is 23.0 Å². The fraction of sp³-hybridized carbons (Fsp3) is 0.250. The summed E-state index contributed by atoms with van der Waals surface area (Å²) in [5.74, 6) is 2.52. The van der Waals surface area contributed by atoms with E-state index in [-0.39, 0.29) is 6.61 Å². The van der Waals surface area contributed by atoms with E-state index in [2.05, 4.69) is 0 Å². The molecular formula is C20H18O7. The number of hydrogen-bond donors (Lipinski definition) is 0. The second-order valence-electron chi connectivity index (χ2n) is 5.95. The van der Waals surface area contributed by atoms with Crippen LogP contribution in [0.25, 0.3) is 22.1 Å². The van der Waals surface area contributed by atoms with E-state index in [0.717, 1.165) is 5.56 Å². The van der Waals surface area contributed by atoms with Crippen LogP contribution in [-0.4, -0.2) is 28.4 Å². The normalized spacial score (nSPS) is 12.0. The number of rotatable bonds is 4. The lowest BCUT2D eigenvalue weighted by Crippen LogP contribution is -2.14. The molecule has 0 N–H and O–H groups in total. The average molecular weight is 370 g/mol. The van der Waals surface area contributed by atoms with E-state index in [0.29, 0.717) is 50.8 Å². The molecule has 1 aliphatic heterocycles. The largest absolute Gasteiger partial charge is 0.493 e. The second-order valence-corrected chi connectivity index (χ2v) is 5.95. The molecule has 0 spiro atoms. The van der Waals surface area contributed by atoms with Crippen LogP contribution in [0.5, 0.6) is 28.7 Å². The molecule has 7 nitrogen and oxygen atoms in total. The molecule has 1 aliphatic rings. The minimum atomic E-state index is -0.502. The van der Waals surface area contributed by atoms with Gasteiger partial charge in [0.25, 0.3) is 0 Å². The maximum Gasteiger partial charge on any atom is 0.348 e. The first kappa shape index (κ1) is 17.1. The van der Waals surface area contributed by atoms with Crippen molar-refractivity contribution in [2.24, 2.45) is 0 Å². The Hall–Kier alpha value is -3.35. The molecule has 2 heterocycles. The van der Waals surface area contributed by atoms with Gasteiger partial charge >= 0.3 is 5.63 Å². The molecule has 4 rings (SSSR count). The van der Waals surface area contributed by atoms with Crippen molar-refractivity contribution < 1.29 is 28.1 Å². The molecule has 0 fully saturated rings. The van der Waals surface area contributed by atoms with Crippen LogP contribution in [0, 0.1) is 0 Å². The number of fused-ring (bicyclic) bond motifs is 5. The lowest BCUT2D eigenvalue weighted by molar-refractivity contribution is 0.300. The van der Waals surface area contributed by atoms with Gasteiger partial charge < -0.3 is 28.1 Å². The number of benzene rings is 2. The summed E-state index contributed by atoms with van der Waals surface area (Å²) < 4.78 is 32.8. The molecular weight excluding hydrogens is 352 g/mol. The first-order valence-electron chi connectivity index (χ1n) is 8.22. The van der Waals surface area contributed by atoms with Gasteiger partial charge in [-0.2, -0.15) is 0 Å². The summed E-state index contributed by atoms with van der Waals surface area (Å²) in [5.41, 5.74) is 1.71. The molecule has 7 heteroatoms. The zero-order valence-corrected chi connectivity index (χ0v) is 15.4. The lowest BCUT2D eigenvalue weighted by atomic mass is 9.96. The minimum Gasteiger partial charge on any atom is -0.493 e. The number of hydrogen-bond acceptors (Lipinski definition) is 7. The molecule has 140 valence electrons. The van der Waals surface area contributed by atoms with E-state index in [1.807, 2.05) is 0 Å². The third-order valence-electron chi connectivity index (χ3n) is 4.61. The standard InChI is InChI=1S/C20H18O7/c1-22-14-5-10-9-26-19-12-7-16(24-3)17(25-4)8-13(12)27-20(21)18(19)11(10)6-15(14)23-2/h5-8H,9H2,1-4H3. The Morgan fingerprint density at radius 1 is 0.815 bits per heavy atom. The zero-order valence-electron chi connectivity index (χ0n) is 15.4. The van der Waals surface area contributed by atoms with Crippen LogP contribution in [0.4, 0.5) is 0 Å². The molecule has 0 saturated heterocycles. The summed E-state index contributed by atoms with van der Waals surface area (Å²) in [4.78, 5) is 12.8. The van der Waals surface area contributed by atoms with Gasteiger partial charge in [0.05, 0.1) is 33.8 Å². The molecule has 2 aromatic carbocycles. The smallest absolute Gasteiger partial charge is 0.348 e. The Kier molecular flexibility index (Phi) is 4.07. The van der Waals surface area contributed by atoms with Gasteiger partial charge in [0, 0.05) is 17.2 Å². The van der Waals surface area contributed by atoms with Crippen LogP contribution < -0.4 is 29.3 Å². The van der Waals surface area contributed by atoms with Crippen molar-refractivity contribution in [2.75, 3.05) is 28.4 Å². The highest BCUT2D eigenvalue weighted by molar-refractivity contribution is 5.94. The van der Waals surface area contributed by atoms with E-state index < -0.39 is 5.63 Å². The summed E-state index contributed by atoms with van der Waals surface area (Å²) in [6.07, 6.45) is 0. The molecule has 0 radical (unpaired) electrons. The fourth-order valence-corrected chi connectivity index (χ4v) is 3.31. The van der Waals surface area contributed by atoms with Gasteiger partial charge in [-0.1, -0.05) is 0 Å². The Morgan fingerprint density at radius 2 is 1.41 bits per heavy atom. The topological polar surface area (TPSA) is 76.4 Å². The Bertz CT molecular complexity index is 1100. The van der Waals surface area contributed by atoms with Gasteiger partial charge in [0.1, 0.15) is 23.5 Å². The van der Waals surface area contributed by atoms with Crippen molar-refractivity contribution in [1.29, 1.82) is 0 Å². The van der Waals surface area contributed by atoms with Crippen LogP contribution in [0.1, 0.15) is 5.56 Å². The SMILES string of the molecule is COc1cc2c(cc1OC)-c1c(c3cc(OC)c(OC)cc3oc1=O)OC2. The zero-order chi connectivity index (χ0) is 19.1. The predicted octanol–water partition coefficient (Wildman–Crippen LogP) is 3.39. The van der Waals surface area contributed by atoms with Crippen LogP contribution in [-0.2, 0) is 6.61 Å². The number of ether oxygens (including phenoxy) is 5. The molecule has 27 heavy (non-hydrogen) atoms. The van der Waals surface area contributed by atoms with E-state index in [1.165, 1.54) is 7.11 Å². The van der Waals surface area contributed by atoms with Crippen molar-refractivity contribution in [3.63, 3.8) is 0 Å². The van der Waals surface area contributed by atoms with Gasteiger partial charge in [0.2, 0.25) is 0 Å². The minimum absolute atomic E-state index is 0.287. The Labute approximate surface area is 155 Å². The maximum atomic E-state index is 12.8. The van der Waals surface area contributed by atoms with Crippen LogP contribution in [0.3, 0.4) is 0 Å². The third-order valence-corrected chi connectivity index (χ3v) is 4.61. The van der Waals surface area contributed by atoms with E-state index in [4.69, 9.17) is 28.1 Å². The summed E-state index contributed by atoms with van der Waals surface area (Å²) in [6, 6.07) is 6.92. The third kappa shape index (κ3) is 2.54. The van der Waals surface area contributed by atoms with Gasteiger partial charge in [-0.05, 0) is 18.2 Å². The molecule has 0 aliphatic carbocycles. The van der Waals surface area contributed by atoms with Crippen LogP contribution in [0.15, 0.2) is 33.5 Å². The Balaban J connectivity index is 2.04. The molecule has 0 saturated carbocycles. The lowest BCUT2D eigenvalue weighted by Gasteiger charge is -2.23. The maximum absolute atomic E-state index is 12.8.